The number of nitrogens with zero attached hydrogens (tertiary/aromatic N) is 3. The Morgan fingerprint density at radius 3 is 3.00 bits per heavy atom. The van der Waals surface area contributed by atoms with Crippen molar-refractivity contribution in [3.05, 3.63) is 54.5 Å². The molecule has 5 nitrogen and oxygen atoms in total. The van der Waals surface area contributed by atoms with Gasteiger partial charge in [-0.15, -0.1) is 0 Å². The summed E-state index contributed by atoms with van der Waals surface area (Å²) in [5.41, 5.74) is 2.27. The topological polar surface area (TPSA) is 56.8 Å². The monoisotopic (exact) mass is 307 g/mol. The summed E-state index contributed by atoms with van der Waals surface area (Å²) in [7, 11) is 0. The molecule has 0 amide bonds. The minimum Gasteiger partial charge on any atom is -0.365 e. The first-order valence-electron chi connectivity index (χ1n) is 8.19. The average molecular weight is 307 g/mol. The third-order valence-corrected chi connectivity index (χ3v) is 4.45. The number of anilines is 1. The van der Waals surface area contributed by atoms with Crippen molar-refractivity contribution in [3.8, 4) is 0 Å². The fraction of sp³-hybridized carbons (Fsp3) is 0.333. The van der Waals surface area contributed by atoms with E-state index in [9.17, 15) is 0 Å². The molecule has 2 aromatic heterocycles. The highest BCUT2D eigenvalue weighted by molar-refractivity contribution is 5.86. The molecule has 0 saturated carbocycles. The van der Waals surface area contributed by atoms with Gasteiger partial charge in [0.2, 0.25) is 0 Å². The van der Waals surface area contributed by atoms with Gasteiger partial charge in [0.25, 0.3) is 0 Å². The maximum atomic E-state index is 4.42. The van der Waals surface area contributed by atoms with Crippen LogP contribution in [0.5, 0.6) is 0 Å². The van der Waals surface area contributed by atoms with Gasteiger partial charge in [-0.1, -0.05) is 30.3 Å². The zero-order chi connectivity index (χ0) is 15.5. The van der Waals surface area contributed by atoms with Gasteiger partial charge in [-0.2, -0.15) is 0 Å². The minimum atomic E-state index is 0.431. The van der Waals surface area contributed by atoms with Crippen LogP contribution in [-0.4, -0.2) is 39.0 Å². The molecule has 1 aliphatic rings. The molecule has 23 heavy (non-hydrogen) atoms. The number of piperidine rings is 1. The molecule has 0 bridgehead atoms. The molecule has 0 unspecified atom stereocenters. The number of aromatic amines is 1. The molecule has 5 heteroatoms. The van der Waals surface area contributed by atoms with Crippen LogP contribution in [0.4, 0.5) is 5.82 Å². The van der Waals surface area contributed by atoms with Crippen molar-refractivity contribution in [2.75, 3.05) is 18.4 Å². The lowest BCUT2D eigenvalue weighted by Gasteiger charge is -2.33. The van der Waals surface area contributed by atoms with Gasteiger partial charge in [-0.3, -0.25) is 4.90 Å². The summed E-state index contributed by atoms with van der Waals surface area (Å²) in [6, 6.07) is 13.1. The molecule has 0 aliphatic carbocycles. The molecule has 1 fully saturated rings. The van der Waals surface area contributed by atoms with E-state index in [0.717, 1.165) is 36.5 Å². The van der Waals surface area contributed by atoms with Gasteiger partial charge in [0.05, 0.1) is 5.39 Å². The molecule has 3 aromatic rings. The molecule has 118 valence electrons. The molecule has 1 saturated heterocycles. The lowest BCUT2D eigenvalue weighted by Crippen LogP contribution is -2.41. The number of benzene rings is 1. The second kappa shape index (κ2) is 6.38. The Balaban J connectivity index is 1.44. The Labute approximate surface area is 135 Å². The molecule has 2 N–H and O–H groups in total. The number of nitrogens with one attached hydrogen (secondary N) is 2. The standard InChI is InChI=1S/C18H21N5/c1-2-5-14(6-3-1)11-23-10-4-7-15(12-23)22-18-16-8-9-19-17(16)20-13-21-18/h1-3,5-6,8-9,13,15H,4,7,10-12H2,(H2,19,20,21,22)/t15-/m0/s1. The number of hydrogen-bond acceptors (Lipinski definition) is 4. The number of hydrogen-bond donors (Lipinski definition) is 2. The molecule has 1 aliphatic heterocycles. The van der Waals surface area contributed by atoms with Gasteiger partial charge < -0.3 is 10.3 Å². The molecule has 1 atom stereocenters. The Kier molecular flexibility index (Phi) is 3.94. The van der Waals surface area contributed by atoms with E-state index >= 15 is 0 Å². The fourth-order valence-electron chi connectivity index (χ4n) is 3.34. The molecule has 4 rings (SSSR count). The highest BCUT2D eigenvalue weighted by atomic mass is 15.2. The maximum Gasteiger partial charge on any atom is 0.142 e. The number of H-pyrrole nitrogens is 1. The van der Waals surface area contributed by atoms with E-state index in [2.05, 4.69) is 55.5 Å². The number of rotatable bonds is 4. The first-order valence-corrected chi connectivity index (χ1v) is 8.19. The maximum absolute atomic E-state index is 4.42. The summed E-state index contributed by atoms with van der Waals surface area (Å²) in [4.78, 5) is 14.3. The van der Waals surface area contributed by atoms with Gasteiger partial charge in [0, 0.05) is 25.3 Å². The minimum absolute atomic E-state index is 0.431. The van der Waals surface area contributed by atoms with Crippen molar-refractivity contribution in [1.82, 2.24) is 19.9 Å². The molecule has 0 radical (unpaired) electrons. The van der Waals surface area contributed by atoms with E-state index in [1.807, 2.05) is 12.3 Å². The number of likely N-dealkylation sites (tertiary alicyclic amines) is 1. The third kappa shape index (κ3) is 3.19. The molecule has 3 heterocycles. The lowest BCUT2D eigenvalue weighted by atomic mass is 10.0. The van der Waals surface area contributed by atoms with Crippen LogP contribution < -0.4 is 5.32 Å². The van der Waals surface area contributed by atoms with Crippen LogP contribution in [0, 0.1) is 0 Å². The van der Waals surface area contributed by atoms with Crippen molar-refractivity contribution >= 4 is 16.9 Å². The largest absolute Gasteiger partial charge is 0.365 e. The summed E-state index contributed by atoms with van der Waals surface area (Å²) in [5.74, 6) is 0.933. The van der Waals surface area contributed by atoms with E-state index in [4.69, 9.17) is 0 Å². The van der Waals surface area contributed by atoms with E-state index in [1.165, 1.54) is 18.4 Å². The van der Waals surface area contributed by atoms with E-state index in [1.54, 1.807) is 6.33 Å². The van der Waals surface area contributed by atoms with Gasteiger partial charge >= 0.3 is 0 Å². The normalized spacial score (nSPS) is 19.0. The Bertz CT molecular complexity index is 767. The smallest absolute Gasteiger partial charge is 0.142 e. The summed E-state index contributed by atoms with van der Waals surface area (Å²) in [6.45, 7) is 3.23. The van der Waals surface area contributed by atoms with Crippen molar-refractivity contribution in [3.63, 3.8) is 0 Å². The average Bonchev–Trinajstić information content (AvgIpc) is 3.06. The lowest BCUT2D eigenvalue weighted by molar-refractivity contribution is 0.208. The fourth-order valence-corrected chi connectivity index (χ4v) is 3.34. The number of fused-ring (bicyclic) bond motifs is 1. The van der Waals surface area contributed by atoms with Crippen LogP contribution in [0.15, 0.2) is 48.9 Å². The Morgan fingerprint density at radius 2 is 2.09 bits per heavy atom. The van der Waals surface area contributed by atoms with Gasteiger partial charge in [0.15, 0.2) is 0 Å². The van der Waals surface area contributed by atoms with Crippen molar-refractivity contribution < 1.29 is 0 Å². The van der Waals surface area contributed by atoms with Crippen molar-refractivity contribution in [1.29, 1.82) is 0 Å². The molecular formula is C18H21N5. The van der Waals surface area contributed by atoms with Crippen LogP contribution in [0.3, 0.4) is 0 Å². The summed E-state index contributed by atoms with van der Waals surface area (Å²) < 4.78 is 0. The number of aromatic nitrogens is 3. The van der Waals surface area contributed by atoms with E-state index in [-0.39, 0.29) is 0 Å². The Morgan fingerprint density at radius 1 is 1.17 bits per heavy atom. The van der Waals surface area contributed by atoms with E-state index < -0.39 is 0 Å². The van der Waals surface area contributed by atoms with Gasteiger partial charge in [-0.05, 0) is 31.0 Å². The predicted molar refractivity (Wildman–Crippen MR) is 92.3 cm³/mol. The van der Waals surface area contributed by atoms with Gasteiger partial charge in [-0.25, -0.2) is 9.97 Å². The summed E-state index contributed by atoms with van der Waals surface area (Å²) in [6.07, 6.45) is 5.92. The second-order valence-electron chi connectivity index (χ2n) is 6.17. The first-order chi connectivity index (χ1) is 11.4. The summed E-state index contributed by atoms with van der Waals surface area (Å²) >= 11 is 0. The first kappa shape index (κ1) is 14.2. The van der Waals surface area contributed by atoms with Crippen LogP contribution >= 0.6 is 0 Å². The summed E-state index contributed by atoms with van der Waals surface area (Å²) in [5, 5.41) is 4.68. The zero-order valence-electron chi connectivity index (χ0n) is 13.1. The predicted octanol–water partition coefficient (Wildman–Crippen LogP) is 3.03. The molecule has 1 aromatic carbocycles. The zero-order valence-corrected chi connectivity index (χ0v) is 13.1. The highest BCUT2D eigenvalue weighted by Gasteiger charge is 2.20. The molecule has 0 spiro atoms. The van der Waals surface area contributed by atoms with Crippen LogP contribution in [0.25, 0.3) is 11.0 Å². The quantitative estimate of drug-likeness (QED) is 0.778. The van der Waals surface area contributed by atoms with Crippen molar-refractivity contribution in [2.24, 2.45) is 0 Å². The van der Waals surface area contributed by atoms with Crippen molar-refractivity contribution in [2.45, 2.75) is 25.4 Å². The molecular weight excluding hydrogens is 286 g/mol. The van der Waals surface area contributed by atoms with Crippen LogP contribution in [0.2, 0.25) is 0 Å². The Hall–Kier alpha value is -2.40. The second-order valence-corrected chi connectivity index (χ2v) is 6.17. The SMILES string of the molecule is c1ccc(CN2CCC[C@H](Nc3ncnc4[nH]ccc34)C2)cc1. The van der Waals surface area contributed by atoms with E-state index in [0.29, 0.717) is 6.04 Å². The van der Waals surface area contributed by atoms with Crippen LogP contribution in [0.1, 0.15) is 18.4 Å². The van der Waals surface area contributed by atoms with Gasteiger partial charge in [0.1, 0.15) is 17.8 Å². The van der Waals surface area contributed by atoms with Crippen LogP contribution in [-0.2, 0) is 6.54 Å². The third-order valence-electron chi connectivity index (χ3n) is 4.45. The highest BCUT2D eigenvalue weighted by Crippen LogP contribution is 2.21.